The zero-order valence-corrected chi connectivity index (χ0v) is 14.2. The largest absolute Gasteiger partial charge is 0.467 e. The van der Waals surface area contributed by atoms with Crippen LogP contribution >= 0.6 is 23.2 Å². The summed E-state index contributed by atoms with van der Waals surface area (Å²) in [5.74, 6) is 0.482. The highest BCUT2D eigenvalue weighted by atomic mass is 35.5. The number of benzene rings is 2. The summed E-state index contributed by atoms with van der Waals surface area (Å²) in [6.07, 6.45) is 1.69. The summed E-state index contributed by atoms with van der Waals surface area (Å²) in [4.78, 5) is 12.5. The number of amides is 1. The minimum absolute atomic E-state index is 0.0998. The fraction of sp³-hybridized carbons (Fsp3) is 0.105. The van der Waals surface area contributed by atoms with Crippen molar-refractivity contribution < 1.29 is 9.21 Å². The first-order valence-electron chi connectivity index (χ1n) is 7.46. The molecule has 1 atom stereocenters. The lowest BCUT2D eigenvalue weighted by atomic mass is 10.0. The van der Waals surface area contributed by atoms with Gasteiger partial charge in [0.05, 0.1) is 12.7 Å². The Kier molecular flexibility index (Phi) is 5.24. The monoisotopic (exact) mass is 359 g/mol. The number of hydrogen-bond donors (Lipinski definition) is 1. The topological polar surface area (TPSA) is 42.2 Å². The van der Waals surface area contributed by atoms with Crippen LogP contribution in [0.2, 0.25) is 10.0 Å². The predicted octanol–water partition coefficient (Wildman–Crippen LogP) is 5.03. The molecule has 24 heavy (non-hydrogen) atoms. The first kappa shape index (κ1) is 16.6. The van der Waals surface area contributed by atoms with Crippen LogP contribution in [0, 0.1) is 0 Å². The van der Waals surface area contributed by atoms with Crippen LogP contribution in [0.25, 0.3) is 0 Å². The van der Waals surface area contributed by atoms with Crippen molar-refractivity contribution in [2.45, 2.75) is 12.5 Å². The highest BCUT2D eigenvalue weighted by Crippen LogP contribution is 2.26. The van der Waals surface area contributed by atoms with Crippen LogP contribution in [0.3, 0.4) is 0 Å². The van der Waals surface area contributed by atoms with Gasteiger partial charge in [-0.15, -0.1) is 0 Å². The first-order chi connectivity index (χ1) is 11.6. The van der Waals surface area contributed by atoms with Crippen LogP contribution in [-0.4, -0.2) is 5.91 Å². The lowest BCUT2D eigenvalue weighted by Gasteiger charge is -2.17. The Bertz CT molecular complexity index is 796. The van der Waals surface area contributed by atoms with E-state index in [1.807, 2.05) is 36.4 Å². The molecule has 0 saturated carbocycles. The van der Waals surface area contributed by atoms with Crippen molar-refractivity contribution >= 4 is 29.1 Å². The van der Waals surface area contributed by atoms with E-state index in [4.69, 9.17) is 27.6 Å². The van der Waals surface area contributed by atoms with Gasteiger partial charge in [-0.1, -0.05) is 59.6 Å². The average molecular weight is 360 g/mol. The van der Waals surface area contributed by atoms with Gasteiger partial charge in [0, 0.05) is 10.0 Å². The van der Waals surface area contributed by atoms with Gasteiger partial charge in [-0.2, -0.15) is 0 Å². The maximum Gasteiger partial charge on any atom is 0.225 e. The van der Waals surface area contributed by atoms with E-state index in [9.17, 15) is 4.79 Å². The standard InChI is InChI=1S/C19H15Cl2NO2/c20-15-8-4-9-16(21)14(15)12-18(23)22-19(17-10-5-11-24-17)13-6-2-1-3-7-13/h1-11,19H,12H2,(H,22,23)/t19-/m1/s1. The van der Waals surface area contributed by atoms with Crippen molar-refractivity contribution in [3.8, 4) is 0 Å². The number of hydrogen-bond acceptors (Lipinski definition) is 2. The molecule has 0 saturated heterocycles. The molecule has 0 spiro atoms. The molecule has 0 bridgehead atoms. The van der Waals surface area contributed by atoms with Crippen molar-refractivity contribution in [1.82, 2.24) is 5.32 Å². The first-order valence-corrected chi connectivity index (χ1v) is 8.21. The molecule has 1 N–H and O–H groups in total. The summed E-state index contributed by atoms with van der Waals surface area (Å²) in [7, 11) is 0. The van der Waals surface area contributed by atoms with Crippen LogP contribution in [-0.2, 0) is 11.2 Å². The van der Waals surface area contributed by atoms with Gasteiger partial charge >= 0.3 is 0 Å². The highest BCUT2D eigenvalue weighted by Gasteiger charge is 2.20. The van der Waals surface area contributed by atoms with E-state index in [-0.39, 0.29) is 18.4 Å². The summed E-state index contributed by atoms with van der Waals surface area (Å²) >= 11 is 12.3. The number of furan rings is 1. The van der Waals surface area contributed by atoms with Crippen LogP contribution in [0.15, 0.2) is 71.3 Å². The molecule has 3 aromatic rings. The van der Waals surface area contributed by atoms with Gasteiger partial charge in [-0.25, -0.2) is 0 Å². The van der Waals surface area contributed by atoms with Gasteiger partial charge in [0.15, 0.2) is 0 Å². The maximum atomic E-state index is 12.5. The summed E-state index contributed by atoms with van der Waals surface area (Å²) in [5, 5.41) is 3.95. The number of carbonyl (C=O) groups is 1. The SMILES string of the molecule is O=C(Cc1c(Cl)cccc1Cl)N[C@H](c1ccccc1)c1ccco1. The Labute approximate surface area is 150 Å². The molecule has 0 unspecified atom stereocenters. The van der Waals surface area contributed by atoms with Gasteiger partial charge in [0.1, 0.15) is 11.8 Å². The quantitative estimate of drug-likeness (QED) is 0.693. The highest BCUT2D eigenvalue weighted by molar-refractivity contribution is 6.36. The predicted molar refractivity (Wildman–Crippen MR) is 95.3 cm³/mol. The van der Waals surface area contributed by atoms with E-state index in [0.29, 0.717) is 21.4 Å². The van der Waals surface area contributed by atoms with Crippen molar-refractivity contribution in [3.63, 3.8) is 0 Å². The Morgan fingerprint density at radius 2 is 1.67 bits per heavy atom. The molecule has 1 heterocycles. The van der Waals surface area contributed by atoms with E-state index in [1.165, 1.54) is 0 Å². The summed E-state index contributed by atoms with van der Waals surface area (Å²) < 4.78 is 5.48. The Morgan fingerprint density at radius 1 is 0.958 bits per heavy atom. The molecule has 3 rings (SSSR count). The van der Waals surface area contributed by atoms with Gasteiger partial charge < -0.3 is 9.73 Å². The van der Waals surface area contributed by atoms with Crippen LogP contribution < -0.4 is 5.32 Å². The second-order valence-electron chi connectivity index (χ2n) is 5.30. The minimum atomic E-state index is -0.366. The third kappa shape index (κ3) is 3.81. The summed E-state index contributed by atoms with van der Waals surface area (Å²) in [6, 6.07) is 18.1. The minimum Gasteiger partial charge on any atom is -0.467 e. The normalized spacial score (nSPS) is 11.9. The molecule has 5 heteroatoms. The summed E-state index contributed by atoms with van der Waals surface area (Å²) in [6.45, 7) is 0. The van der Waals surface area contributed by atoms with Crippen molar-refractivity contribution in [2.75, 3.05) is 0 Å². The molecule has 1 amide bonds. The molecule has 2 aromatic carbocycles. The molecular formula is C19H15Cl2NO2. The van der Waals surface area contributed by atoms with Gasteiger partial charge in [-0.05, 0) is 35.4 Å². The molecular weight excluding hydrogens is 345 g/mol. The Hall–Kier alpha value is -2.23. The lowest BCUT2D eigenvalue weighted by molar-refractivity contribution is -0.121. The van der Waals surface area contributed by atoms with E-state index >= 15 is 0 Å². The average Bonchev–Trinajstić information content (AvgIpc) is 3.11. The maximum absolute atomic E-state index is 12.5. The smallest absolute Gasteiger partial charge is 0.225 e. The van der Waals surface area contributed by atoms with Crippen molar-refractivity contribution in [3.05, 3.63) is 93.9 Å². The molecule has 122 valence electrons. The van der Waals surface area contributed by atoms with E-state index < -0.39 is 0 Å². The fourth-order valence-corrected chi connectivity index (χ4v) is 3.02. The molecule has 0 fully saturated rings. The van der Waals surface area contributed by atoms with Crippen LogP contribution in [0.4, 0.5) is 0 Å². The number of halogens is 2. The van der Waals surface area contributed by atoms with E-state index in [1.54, 1.807) is 30.5 Å². The Balaban J connectivity index is 1.82. The van der Waals surface area contributed by atoms with Crippen LogP contribution in [0.1, 0.15) is 22.9 Å². The van der Waals surface area contributed by atoms with Crippen molar-refractivity contribution in [1.29, 1.82) is 0 Å². The Morgan fingerprint density at radius 3 is 2.29 bits per heavy atom. The second-order valence-corrected chi connectivity index (χ2v) is 6.12. The van der Waals surface area contributed by atoms with Crippen LogP contribution in [0.5, 0.6) is 0 Å². The molecule has 0 aliphatic heterocycles. The fourth-order valence-electron chi connectivity index (χ4n) is 2.49. The molecule has 3 nitrogen and oxygen atoms in total. The lowest BCUT2D eigenvalue weighted by Crippen LogP contribution is -2.30. The number of nitrogens with one attached hydrogen (secondary N) is 1. The van der Waals surface area contributed by atoms with Crippen molar-refractivity contribution in [2.24, 2.45) is 0 Å². The molecule has 0 radical (unpaired) electrons. The molecule has 1 aromatic heterocycles. The van der Waals surface area contributed by atoms with Gasteiger partial charge in [0.2, 0.25) is 5.91 Å². The molecule has 0 aliphatic rings. The molecule has 0 aliphatic carbocycles. The van der Waals surface area contributed by atoms with E-state index in [0.717, 1.165) is 5.56 Å². The van der Waals surface area contributed by atoms with Gasteiger partial charge in [0.25, 0.3) is 0 Å². The second kappa shape index (κ2) is 7.56. The third-order valence-corrected chi connectivity index (χ3v) is 4.37. The number of carbonyl (C=O) groups excluding carboxylic acids is 1. The van der Waals surface area contributed by atoms with Gasteiger partial charge in [-0.3, -0.25) is 4.79 Å². The zero-order valence-electron chi connectivity index (χ0n) is 12.7. The van der Waals surface area contributed by atoms with E-state index in [2.05, 4.69) is 5.32 Å². The third-order valence-electron chi connectivity index (χ3n) is 3.66. The summed E-state index contributed by atoms with van der Waals surface area (Å²) in [5.41, 5.74) is 1.55. The zero-order chi connectivity index (χ0) is 16.9. The number of rotatable bonds is 5.